The molecule has 4 aliphatic heterocycles. The molecule has 8 nitrogen and oxygen atoms in total. The van der Waals surface area contributed by atoms with Gasteiger partial charge in [0.1, 0.15) is 11.9 Å². The van der Waals surface area contributed by atoms with Gasteiger partial charge in [-0.25, -0.2) is 18.7 Å². The van der Waals surface area contributed by atoms with Crippen molar-refractivity contribution >= 4 is 23.4 Å². The van der Waals surface area contributed by atoms with Crippen LogP contribution in [0.25, 0.3) is 0 Å². The smallest absolute Gasteiger partial charge is 0.228 e. The molecule has 1 aliphatic carbocycles. The molecule has 0 unspecified atom stereocenters. The number of anilines is 3. The van der Waals surface area contributed by atoms with Gasteiger partial charge in [0.15, 0.2) is 29.0 Å². The van der Waals surface area contributed by atoms with E-state index in [1.807, 2.05) is 6.92 Å². The van der Waals surface area contributed by atoms with Crippen molar-refractivity contribution in [2.75, 3.05) is 41.4 Å². The Morgan fingerprint density at radius 1 is 1.17 bits per heavy atom. The van der Waals surface area contributed by atoms with Crippen molar-refractivity contribution in [2.45, 2.75) is 63.2 Å². The zero-order valence-electron chi connectivity index (χ0n) is 19.7. The van der Waals surface area contributed by atoms with E-state index in [1.54, 1.807) is 4.90 Å². The summed E-state index contributed by atoms with van der Waals surface area (Å²) in [6.45, 7) is 4.44. The lowest BCUT2D eigenvalue weighted by molar-refractivity contribution is -0.118. The molecule has 0 spiro atoms. The fourth-order valence-electron chi connectivity index (χ4n) is 5.60. The van der Waals surface area contributed by atoms with E-state index in [1.165, 1.54) is 12.1 Å². The molecule has 5 aliphatic rings. The van der Waals surface area contributed by atoms with Crippen LogP contribution in [0.1, 0.15) is 44.7 Å². The van der Waals surface area contributed by atoms with Gasteiger partial charge in [-0.1, -0.05) is 0 Å². The van der Waals surface area contributed by atoms with Crippen LogP contribution in [-0.4, -0.2) is 59.9 Å². The number of aromatic nitrogens is 2. The van der Waals surface area contributed by atoms with Crippen molar-refractivity contribution in [2.24, 2.45) is 0 Å². The van der Waals surface area contributed by atoms with Crippen molar-refractivity contribution in [1.29, 1.82) is 0 Å². The Kier molecular flexibility index (Phi) is 5.51. The number of carbonyl (C=O) groups excluding carboxylic acids is 1. The molecular formula is C25H29F2N5O3. The highest BCUT2D eigenvalue weighted by molar-refractivity contribution is 5.95. The third kappa shape index (κ3) is 4.07. The van der Waals surface area contributed by atoms with Crippen LogP contribution in [0.3, 0.4) is 0 Å². The van der Waals surface area contributed by atoms with E-state index in [4.69, 9.17) is 19.4 Å². The van der Waals surface area contributed by atoms with Crippen LogP contribution in [-0.2, 0) is 16.0 Å². The summed E-state index contributed by atoms with van der Waals surface area (Å²) < 4.78 is 38.9. The highest BCUT2D eigenvalue weighted by Gasteiger charge is 2.52. The van der Waals surface area contributed by atoms with Gasteiger partial charge in [0.25, 0.3) is 0 Å². The summed E-state index contributed by atoms with van der Waals surface area (Å²) in [5, 5.41) is 3.65. The lowest BCUT2D eigenvalue weighted by atomic mass is 9.78. The van der Waals surface area contributed by atoms with Crippen LogP contribution in [0.4, 0.5) is 26.2 Å². The molecular weight excluding hydrogens is 456 g/mol. The van der Waals surface area contributed by atoms with E-state index < -0.39 is 11.6 Å². The lowest BCUT2D eigenvalue weighted by Gasteiger charge is -2.39. The fraction of sp³-hybridized carbons (Fsp3) is 0.560. The summed E-state index contributed by atoms with van der Waals surface area (Å²) in [7, 11) is 0. The van der Waals surface area contributed by atoms with E-state index in [9.17, 15) is 13.6 Å². The highest BCUT2D eigenvalue weighted by Crippen LogP contribution is 2.46. The molecule has 1 aromatic heterocycles. The number of ether oxygens (including phenoxy) is 2. The quantitative estimate of drug-likeness (QED) is 0.672. The second-order valence-corrected chi connectivity index (χ2v) is 9.93. The highest BCUT2D eigenvalue weighted by atomic mass is 19.1. The number of benzene rings is 1. The zero-order valence-corrected chi connectivity index (χ0v) is 19.7. The SMILES string of the molecule is CCN1C(=O)CCc2nc(NC34COC(C3)C4)c(N3CCC(Oc4ccc(F)cc4F)CC3)nc21. The molecule has 1 aromatic carbocycles. The Morgan fingerprint density at radius 3 is 2.66 bits per heavy atom. The van der Waals surface area contributed by atoms with Crippen molar-refractivity contribution in [3.8, 4) is 5.75 Å². The topological polar surface area (TPSA) is 79.8 Å². The molecule has 7 rings (SSSR count). The zero-order chi connectivity index (χ0) is 24.2. The number of piperidine rings is 1. The van der Waals surface area contributed by atoms with Gasteiger partial charge in [-0.15, -0.1) is 0 Å². The normalized spacial score (nSPS) is 25.9. The summed E-state index contributed by atoms with van der Waals surface area (Å²) in [4.78, 5) is 26.3. The molecule has 4 fully saturated rings. The first-order valence-corrected chi connectivity index (χ1v) is 12.4. The van der Waals surface area contributed by atoms with E-state index in [-0.39, 0.29) is 23.3 Å². The van der Waals surface area contributed by atoms with Gasteiger partial charge in [0.05, 0.1) is 23.9 Å². The predicted molar refractivity (Wildman–Crippen MR) is 126 cm³/mol. The van der Waals surface area contributed by atoms with Crippen molar-refractivity contribution in [1.82, 2.24) is 9.97 Å². The molecule has 1 amide bonds. The van der Waals surface area contributed by atoms with Gasteiger partial charge in [-0.2, -0.15) is 0 Å². The third-order valence-electron chi connectivity index (χ3n) is 7.52. The Balaban J connectivity index is 1.24. The van der Waals surface area contributed by atoms with E-state index in [0.29, 0.717) is 63.8 Å². The number of hydrogen-bond acceptors (Lipinski definition) is 7. The molecule has 0 atom stereocenters. The number of rotatable bonds is 6. The number of halogens is 2. The second-order valence-electron chi connectivity index (χ2n) is 9.93. The van der Waals surface area contributed by atoms with Crippen molar-refractivity contribution in [3.05, 3.63) is 35.5 Å². The second kappa shape index (κ2) is 8.58. The summed E-state index contributed by atoms with van der Waals surface area (Å²) in [6.07, 6.45) is 4.39. The number of amides is 1. The number of aryl methyl sites for hydroxylation is 1. The molecule has 2 aromatic rings. The Labute approximate surface area is 202 Å². The van der Waals surface area contributed by atoms with Crippen LogP contribution in [0.15, 0.2) is 18.2 Å². The molecule has 35 heavy (non-hydrogen) atoms. The predicted octanol–water partition coefficient (Wildman–Crippen LogP) is 3.45. The third-order valence-corrected chi connectivity index (χ3v) is 7.52. The Bertz CT molecular complexity index is 1140. The first kappa shape index (κ1) is 22.5. The molecule has 0 radical (unpaired) electrons. The lowest BCUT2D eigenvalue weighted by Crippen LogP contribution is -2.48. The standard InChI is InChI=1S/C25H29F2N5O3/c1-2-32-21(33)6-4-19-23(32)29-24(22(28-19)30-25-12-17(13-25)34-14-25)31-9-7-16(8-10-31)35-20-5-3-15(26)11-18(20)27/h3,5,11,16-17H,2,4,6-10,12-14H2,1H3,(H,28,30). The van der Waals surface area contributed by atoms with E-state index in [0.717, 1.165) is 36.2 Å². The number of fused-ring (bicyclic) bond motifs is 2. The van der Waals surface area contributed by atoms with Crippen LogP contribution < -0.4 is 19.9 Å². The van der Waals surface area contributed by atoms with E-state index in [2.05, 4.69) is 10.2 Å². The van der Waals surface area contributed by atoms with Gasteiger partial charge in [-0.3, -0.25) is 9.69 Å². The maximum Gasteiger partial charge on any atom is 0.228 e. The summed E-state index contributed by atoms with van der Waals surface area (Å²) in [5.41, 5.74) is 0.743. The summed E-state index contributed by atoms with van der Waals surface area (Å²) in [6, 6.07) is 3.37. The number of carbonyl (C=O) groups is 1. The Hall–Kier alpha value is -3.01. The molecule has 186 valence electrons. The number of nitrogens with one attached hydrogen (secondary N) is 1. The molecule has 1 N–H and O–H groups in total. The molecule has 5 heterocycles. The minimum Gasteiger partial charge on any atom is -0.487 e. The van der Waals surface area contributed by atoms with Gasteiger partial charge in [0.2, 0.25) is 5.91 Å². The largest absolute Gasteiger partial charge is 0.487 e. The molecule has 1 saturated carbocycles. The minimum atomic E-state index is -0.694. The maximum absolute atomic E-state index is 14.1. The van der Waals surface area contributed by atoms with Crippen LogP contribution >= 0.6 is 0 Å². The Morgan fingerprint density at radius 2 is 1.97 bits per heavy atom. The van der Waals surface area contributed by atoms with Crippen LogP contribution in [0, 0.1) is 11.6 Å². The van der Waals surface area contributed by atoms with Crippen molar-refractivity contribution < 1.29 is 23.0 Å². The average molecular weight is 486 g/mol. The van der Waals surface area contributed by atoms with Gasteiger partial charge >= 0.3 is 0 Å². The minimum absolute atomic E-state index is 0.0674. The monoisotopic (exact) mass is 485 g/mol. The van der Waals surface area contributed by atoms with E-state index >= 15 is 0 Å². The molecule has 10 heteroatoms. The first-order chi connectivity index (χ1) is 16.9. The molecule has 2 bridgehead atoms. The number of nitrogens with zero attached hydrogens (tertiary/aromatic N) is 4. The van der Waals surface area contributed by atoms with Crippen LogP contribution in [0.5, 0.6) is 5.75 Å². The molecule has 3 saturated heterocycles. The van der Waals surface area contributed by atoms with Crippen molar-refractivity contribution in [3.63, 3.8) is 0 Å². The first-order valence-electron chi connectivity index (χ1n) is 12.4. The van der Waals surface area contributed by atoms with Gasteiger partial charge in [-0.05, 0) is 31.9 Å². The summed E-state index contributed by atoms with van der Waals surface area (Å²) in [5.74, 6) is 0.926. The van der Waals surface area contributed by atoms with Gasteiger partial charge < -0.3 is 19.7 Å². The average Bonchev–Trinajstić information content (AvgIpc) is 3.42. The fourth-order valence-corrected chi connectivity index (χ4v) is 5.60. The van der Waals surface area contributed by atoms with Gasteiger partial charge in [0, 0.05) is 51.4 Å². The maximum atomic E-state index is 14.1. The summed E-state index contributed by atoms with van der Waals surface area (Å²) >= 11 is 0. The number of hydrogen-bond donors (Lipinski definition) is 1. The van der Waals surface area contributed by atoms with Crippen LogP contribution in [0.2, 0.25) is 0 Å².